The molecule has 160 valence electrons. The second kappa shape index (κ2) is 7.44. The molecule has 0 saturated heterocycles. The lowest BCUT2D eigenvalue weighted by atomic mass is 9.86. The fourth-order valence-corrected chi connectivity index (χ4v) is 5.03. The number of thiophene rings is 1. The average molecular weight is 431 g/mol. The Morgan fingerprint density at radius 3 is 2.53 bits per heavy atom. The SMILES string of the molecule is CC(=N)/C=C1/N=NC(C(=O)Nc2sc3c(c2C(N)=O)CC(C)(C)OC3(C)C)=C(C)N1. The van der Waals surface area contributed by atoms with Crippen LogP contribution in [0.3, 0.4) is 0 Å². The van der Waals surface area contributed by atoms with Crippen LogP contribution in [0.2, 0.25) is 0 Å². The van der Waals surface area contributed by atoms with E-state index < -0.39 is 23.0 Å². The normalized spacial score (nSPS) is 20.5. The van der Waals surface area contributed by atoms with Crippen molar-refractivity contribution in [3.63, 3.8) is 0 Å². The van der Waals surface area contributed by atoms with Gasteiger partial charge in [-0.05, 0) is 47.1 Å². The lowest BCUT2D eigenvalue weighted by Gasteiger charge is -2.41. The van der Waals surface area contributed by atoms with Crippen LogP contribution in [0.1, 0.15) is 62.3 Å². The van der Waals surface area contributed by atoms with Gasteiger partial charge < -0.3 is 26.5 Å². The molecule has 0 atom stereocenters. The van der Waals surface area contributed by atoms with Crippen molar-refractivity contribution < 1.29 is 14.3 Å². The highest BCUT2D eigenvalue weighted by atomic mass is 32.1. The van der Waals surface area contributed by atoms with E-state index in [1.54, 1.807) is 13.8 Å². The zero-order chi connectivity index (χ0) is 22.4. The molecule has 30 heavy (non-hydrogen) atoms. The molecule has 9 nitrogen and oxygen atoms in total. The Balaban J connectivity index is 1.96. The van der Waals surface area contributed by atoms with Crippen LogP contribution in [0.4, 0.5) is 5.00 Å². The maximum Gasteiger partial charge on any atom is 0.278 e. The van der Waals surface area contributed by atoms with Crippen molar-refractivity contribution in [1.82, 2.24) is 5.32 Å². The van der Waals surface area contributed by atoms with Crippen molar-refractivity contribution in [3.8, 4) is 0 Å². The molecule has 10 heteroatoms. The smallest absolute Gasteiger partial charge is 0.278 e. The molecule has 1 aromatic rings. The first-order valence-corrected chi connectivity index (χ1v) is 10.3. The number of anilines is 1. The van der Waals surface area contributed by atoms with Gasteiger partial charge in [0.1, 0.15) is 5.00 Å². The molecule has 0 fully saturated rings. The van der Waals surface area contributed by atoms with E-state index >= 15 is 0 Å². The number of ether oxygens (including phenoxy) is 1. The molecule has 0 unspecified atom stereocenters. The van der Waals surface area contributed by atoms with Gasteiger partial charge in [0, 0.05) is 28.8 Å². The van der Waals surface area contributed by atoms with Crippen molar-refractivity contribution in [3.05, 3.63) is 39.3 Å². The van der Waals surface area contributed by atoms with Crippen LogP contribution in [-0.2, 0) is 21.6 Å². The van der Waals surface area contributed by atoms with Crippen molar-refractivity contribution in [2.45, 2.75) is 59.2 Å². The summed E-state index contributed by atoms with van der Waals surface area (Å²) in [5.41, 5.74) is 6.60. The molecule has 0 spiro atoms. The van der Waals surface area contributed by atoms with E-state index in [0.717, 1.165) is 10.4 Å². The van der Waals surface area contributed by atoms with E-state index in [0.29, 0.717) is 34.2 Å². The number of primary amides is 1. The third kappa shape index (κ3) is 4.19. The summed E-state index contributed by atoms with van der Waals surface area (Å²) in [6.07, 6.45) is 2.01. The van der Waals surface area contributed by atoms with E-state index in [9.17, 15) is 9.59 Å². The fraction of sp³-hybridized carbons (Fsp3) is 0.450. The minimum Gasteiger partial charge on any atom is -0.365 e. The molecule has 0 aromatic carbocycles. The summed E-state index contributed by atoms with van der Waals surface area (Å²) in [6.45, 7) is 11.1. The third-order valence-corrected chi connectivity index (χ3v) is 6.11. The summed E-state index contributed by atoms with van der Waals surface area (Å²) < 4.78 is 6.19. The number of amides is 2. The van der Waals surface area contributed by atoms with Crippen LogP contribution in [-0.4, -0.2) is 23.1 Å². The standard InChI is InChI=1S/C20H26N6O3S/c1-9(21)7-12-23-10(2)14(26-25-12)17(28)24-18-13(16(22)27)11-8-19(3,4)29-20(5,6)15(11)30-18/h7,21,23H,8H2,1-6H3,(H2,22,27)(H,24,28)/b12-7+,21-9?. The summed E-state index contributed by atoms with van der Waals surface area (Å²) in [6, 6.07) is 0. The first-order chi connectivity index (χ1) is 13.8. The number of hydrogen-bond donors (Lipinski definition) is 4. The Bertz CT molecular complexity index is 1050. The fourth-order valence-electron chi connectivity index (χ4n) is 3.77. The number of azo groups is 1. The quantitative estimate of drug-likeness (QED) is 0.542. The van der Waals surface area contributed by atoms with E-state index in [2.05, 4.69) is 20.9 Å². The Hall–Kier alpha value is -2.85. The number of carbonyl (C=O) groups excluding carboxylic acids is 2. The number of nitrogens with two attached hydrogens (primary N) is 1. The molecular weight excluding hydrogens is 404 g/mol. The maximum absolute atomic E-state index is 12.9. The van der Waals surface area contributed by atoms with Crippen molar-refractivity contribution in [2.75, 3.05) is 5.32 Å². The highest BCUT2D eigenvalue weighted by Gasteiger charge is 2.43. The Morgan fingerprint density at radius 1 is 1.30 bits per heavy atom. The summed E-state index contributed by atoms with van der Waals surface area (Å²) in [7, 11) is 0. The van der Waals surface area contributed by atoms with E-state index in [-0.39, 0.29) is 5.70 Å². The number of allylic oxidation sites excluding steroid dienone is 2. The van der Waals surface area contributed by atoms with E-state index in [1.165, 1.54) is 17.4 Å². The lowest BCUT2D eigenvalue weighted by molar-refractivity contribution is -0.135. The topological polar surface area (TPSA) is 142 Å². The highest BCUT2D eigenvalue weighted by Crippen LogP contribution is 2.48. The molecule has 2 aliphatic heterocycles. The third-order valence-electron chi connectivity index (χ3n) is 4.66. The molecule has 2 aliphatic rings. The summed E-state index contributed by atoms with van der Waals surface area (Å²) >= 11 is 1.29. The van der Waals surface area contributed by atoms with Gasteiger partial charge in [0.25, 0.3) is 11.8 Å². The van der Waals surface area contributed by atoms with Gasteiger partial charge in [-0.1, -0.05) is 0 Å². The molecule has 2 amide bonds. The van der Waals surface area contributed by atoms with Crippen LogP contribution in [0.5, 0.6) is 0 Å². The number of nitrogens with one attached hydrogen (secondary N) is 3. The second-order valence-corrected chi connectivity index (χ2v) is 9.51. The molecule has 5 N–H and O–H groups in total. The first kappa shape index (κ1) is 21.8. The van der Waals surface area contributed by atoms with Gasteiger partial charge in [-0.2, -0.15) is 0 Å². The van der Waals surface area contributed by atoms with Crippen LogP contribution in [0.25, 0.3) is 0 Å². The maximum atomic E-state index is 12.9. The van der Waals surface area contributed by atoms with Gasteiger partial charge in [-0.25, -0.2) is 0 Å². The molecular formula is C20H26N6O3S. The first-order valence-electron chi connectivity index (χ1n) is 9.45. The zero-order valence-corrected chi connectivity index (χ0v) is 18.7. The minimum absolute atomic E-state index is 0.0902. The van der Waals surface area contributed by atoms with Crippen molar-refractivity contribution >= 4 is 33.9 Å². The molecule has 0 radical (unpaired) electrons. The van der Waals surface area contributed by atoms with Crippen LogP contribution >= 0.6 is 11.3 Å². The molecule has 0 bridgehead atoms. The number of hydrogen-bond acceptors (Lipinski definition) is 8. The summed E-state index contributed by atoms with van der Waals surface area (Å²) in [5, 5.41) is 21.5. The summed E-state index contributed by atoms with van der Waals surface area (Å²) in [5.74, 6) is -0.729. The monoisotopic (exact) mass is 430 g/mol. The second-order valence-electron chi connectivity index (χ2n) is 8.49. The number of rotatable bonds is 4. The summed E-state index contributed by atoms with van der Waals surface area (Å²) in [4.78, 5) is 26.0. The zero-order valence-electron chi connectivity index (χ0n) is 17.9. The number of fused-ring (bicyclic) bond motifs is 1. The molecule has 0 saturated carbocycles. The van der Waals surface area contributed by atoms with Crippen LogP contribution in [0, 0.1) is 5.41 Å². The number of carbonyl (C=O) groups is 2. The molecule has 1 aromatic heterocycles. The van der Waals surface area contributed by atoms with Gasteiger partial charge in [0.2, 0.25) is 0 Å². The average Bonchev–Trinajstić information content (AvgIpc) is 2.91. The molecule has 3 heterocycles. The highest BCUT2D eigenvalue weighted by molar-refractivity contribution is 7.17. The predicted octanol–water partition coefficient (Wildman–Crippen LogP) is 3.54. The van der Waals surface area contributed by atoms with Gasteiger partial charge in [-0.15, -0.1) is 21.6 Å². The molecule has 0 aliphatic carbocycles. The Kier molecular flexibility index (Phi) is 5.42. The van der Waals surface area contributed by atoms with Crippen LogP contribution < -0.4 is 16.4 Å². The predicted molar refractivity (Wildman–Crippen MR) is 116 cm³/mol. The number of nitrogens with zero attached hydrogens (tertiary/aromatic N) is 2. The van der Waals surface area contributed by atoms with E-state index in [4.69, 9.17) is 15.9 Å². The largest absolute Gasteiger partial charge is 0.365 e. The van der Waals surface area contributed by atoms with Crippen molar-refractivity contribution in [1.29, 1.82) is 5.41 Å². The van der Waals surface area contributed by atoms with E-state index in [1.807, 2.05) is 27.7 Å². The van der Waals surface area contributed by atoms with Crippen molar-refractivity contribution in [2.24, 2.45) is 16.0 Å². The minimum atomic E-state index is -0.624. The van der Waals surface area contributed by atoms with Gasteiger partial charge >= 0.3 is 0 Å². The van der Waals surface area contributed by atoms with Gasteiger partial charge in [0.05, 0.1) is 16.8 Å². The molecule has 3 rings (SSSR count). The van der Waals surface area contributed by atoms with Gasteiger partial charge in [-0.3, -0.25) is 9.59 Å². The van der Waals surface area contributed by atoms with Gasteiger partial charge in [0.15, 0.2) is 11.5 Å². The Morgan fingerprint density at radius 2 is 1.97 bits per heavy atom. The lowest BCUT2D eigenvalue weighted by Crippen LogP contribution is -2.42. The van der Waals surface area contributed by atoms with Crippen LogP contribution in [0.15, 0.2) is 33.5 Å². The Labute approximate surface area is 179 Å².